The second-order valence-corrected chi connectivity index (χ2v) is 4.65. The second-order valence-electron chi connectivity index (χ2n) is 4.65. The predicted molar refractivity (Wildman–Crippen MR) is 74.2 cm³/mol. The zero-order valence-corrected chi connectivity index (χ0v) is 11.7. The summed E-state index contributed by atoms with van der Waals surface area (Å²) in [6.07, 6.45) is 9.78. The van der Waals surface area contributed by atoms with Gasteiger partial charge in [0, 0.05) is 12.1 Å². The van der Waals surface area contributed by atoms with Gasteiger partial charge in [0.1, 0.15) is 0 Å². The topological polar surface area (TPSA) is 41.5 Å². The standard InChI is InChI=1S/C14H28N2O/c1-4-6-8-9-10-12-14(17)16-15-13(3)11-7-5-2/h4-12H2,1-3H3,(H,16,17). The van der Waals surface area contributed by atoms with E-state index < -0.39 is 0 Å². The summed E-state index contributed by atoms with van der Waals surface area (Å²) in [5.74, 6) is 0.0531. The lowest BCUT2D eigenvalue weighted by atomic mass is 10.1. The van der Waals surface area contributed by atoms with Crippen LogP contribution in [0.3, 0.4) is 0 Å². The fourth-order valence-electron chi connectivity index (χ4n) is 1.59. The van der Waals surface area contributed by atoms with Crippen LogP contribution in [-0.4, -0.2) is 11.6 Å². The van der Waals surface area contributed by atoms with Gasteiger partial charge >= 0.3 is 0 Å². The monoisotopic (exact) mass is 240 g/mol. The lowest BCUT2D eigenvalue weighted by Gasteiger charge is -2.02. The summed E-state index contributed by atoms with van der Waals surface area (Å²) < 4.78 is 0. The Bertz CT molecular complexity index is 224. The van der Waals surface area contributed by atoms with Crippen LogP contribution in [0.4, 0.5) is 0 Å². The quantitative estimate of drug-likeness (QED) is 0.349. The first-order valence-electron chi connectivity index (χ1n) is 7.02. The third kappa shape index (κ3) is 11.4. The molecule has 0 aromatic rings. The highest BCUT2D eigenvalue weighted by Gasteiger charge is 1.99. The van der Waals surface area contributed by atoms with Crippen molar-refractivity contribution in [2.24, 2.45) is 5.10 Å². The van der Waals surface area contributed by atoms with Gasteiger partial charge in [-0.15, -0.1) is 0 Å². The second kappa shape index (κ2) is 11.6. The van der Waals surface area contributed by atoms with E-state index in [0.29, 0.717) is 6.42 Å². The molecule has 0 aliphatic rings. The van der Waals surface area contributed by atoms with Crippen LogP contribution in [0.2, 0.25) is 0 Å². The maximum atomic E-state index is 11.4. The van der Waals surface area contributed by atoms with Crippen LogP contribution in [0.25, 0.3) is 0 Å². The molecule has 0 fully saturated rings. The third-order valence-corrected chi connectivity index (χ3v) is 2.77. The van der Waals surface area contributed by atoms with Crippen molar-refractivity contribution in [1.29, 1.82) is 0 Å². The Labute approximate surface area is 106 Å². The average Bonchev–Trinajstić information content (AvgIpc) is 2.33. The fourth-order valence-corrected chi connectivity index (χ4v) is 1.59. The predicted octanol–water partition coefficient (Wildman–Crippen LogP) is 4.03. The number of nitrogens with zero attached hydrogens (tertiary/aromatic N) is 1. The Morgan fingerprint density at radius 1 is 0.941 bits per heavy atom. The van der Waals surface area contributed by atoms with Crippen LogP contribution in [-0.2, 0) is 4.79 Å². The van der Waals surface area contributed by atoms with E-state index in [2.05, 4.69) is 24.4 Å². The molecule has 0 spiro atoms. The van der Waals surface area contributed by atoms with Crippen molar-refractivity contribution in [3.63, 3.8) is 0 Å². The Morgan fingerprint density at radius 3 is 2.24 bits per heavy atom. The van der Waals surface area contributed by atoms with E-state index in [0.717, 1.165) is 37.8 Å². The minimum atomic E-state index is 0.0531. The van der Waals surface area contributed by atoms with Gasteiger partial charge in [-0.25, -0.2) is 5.43 Å². The number of hydrogen-bond acceptors (Lipinski definition) is 2. The number of rotatable bonds is 10. The summed E-state index contributed by atoms with van der Waals surface area (Å²) in [7, 11) is 0. The van der Waals surface area contributed by atoms with Gasteiger partial charge in [-0.2, -0.15) is 5.10 Å². The minimum absolute atomic E-state index is 0.0531. The molecule has 3 heteroatoms. The first-order valence-corrected chi connectivity index (χ1v) is 7.02. The first kappa shape index (κ1) is 16.1. The van der Waals surface area contributed by atoms with E-state index in [4.69, 9.17) is 0 Å². The van der Waals surface area contributed by atoms with Gasteiger partial charge in [-0.05, 0) is 26.2 Å². The number of nitrogens with one attached hydrogen (secondary N) is 1. The first-order chi connectivity index (χ1) is 8.20. The van der Waals surface area contributed by atoms with E-state index in [9.17, 15) is 4.79 Å². The Morgan fingerprint density at radius 2 is 1.59 bits per heavy atom. The van der Waals surface area contributed by atoms with Crippen LogP contribution in [0.15, 0.2) is 5.10 Å². The molecular weight excluding hydrogens is 212 g/mol. The SMILES string of the molecule is CCCCCCCC(=O)NN=C(C)CCCC. The molecule has 0 bridgehead atoms. The van der Waals surface area contributed by atoms with Crippen molar-refractivity contribution in [1.82, 2.24) is 5.43 Å². The van der Waals surface area contributed by atoms with Crippen LogP contribution in [0.1, 0.15) is 78.6 Å². The summed E-state index contributed by atoms with van der Waals surface area (Å²) in [6, 6.07) is 0. The number of carbonyl (C=O) groups is 1. The highest BCUT2D eigenvalue weighted by molar-refractivity contribution is 5.84. The molecule has 0 saturated carbocycles. The van der Waals surface area contributed by atoms with Gasteiger partial charge in [0.05, 0.1) is 0 Å². The summed E-state index contributed by atoms with van der Waals surface area (Å²) in [4.78, 5) is 11.4. The van der Waals surface area contributed by atoms with Crippen molar-refractivity contribution in [2.75, 3.05) is 0 Å². The normalized spacial score (nSPS) is 11.6. The molecule has 0 heterocycles. The van der Waals surface area contributed by atoms with Crippen molar-refractivity contribution < 1.29 is 4.79 Å². The van der Waals surface area contributed by atoms with Crippen LogP contribution in [0.5, 0.6) is 0 Å². The maximum absolute atomic E-state index is 11.4. The molecule has 0 radical (unpaired) electrons. The summed E-state index contributed by atoms with van der Waals surface area (Å²) in [6.45, 7) is 6.32. The lowest BCUT2D eigenvalue weighted by Crippen LogP contribution is -2.18. The van der Waals surface area contributed by atoms with Gasteiger partial charge < -0.3 is 0 Å². The lowest BCUT2D eigenvalue weighted by molar-refractivity contribution is -0.121. The van der Waals surface area contributed by atoms with E-state index in [1.165, 1.54) is 19.3 Å². The number of unbranched alkanes of at least 4 members (excludes halogenated alkanes) is 5. The van der Waals surface area contributed by atoms with Gasteiger partial charge in [0.25, 0.3) is 0 Å². The molecule has 0 saturated heterocycles. The van der Waals surface area contributed by atoms with Crippen molar-refractivity contribution >= 4 is 11.6 Å². The molecule has 1 amide bonds. The molecule has 0 atom stereocenters. The Balaban J connectivity index is 3.51. The number of hydrazone groups is 1. The molecule has 100 valence electrons. The maximum Gasteiger partial charge on any atom is 0.240 e. The molecular formula is C14H28N2O. The molecule has 0 rings (SSSR count). The molecule has 0 aliphatic heterocycles. The zero-order valence-electron chi connectivity index (χ0n) is 11.7. The Kier molecular flexibility index (Phi) is 11.0. The van der Waals surface area contributed by atoms with Crippen LogP contribution < -0.4 is 5.43 Å². The Hall–Kier alpha value is -0.860. The van der Waals surface area contributed by atoms with Crippen LogP contribution in [0, 0.1) is 0 Å². The van der Waals surface area contributed by atoms with Gasteiger partial charge in [0.2, 0.25) is 5.91 Å². The molecule has 17 heavy (non-hydrogen) atoms. The fraction of sp³-hybridized carbons (Fsp3) is 0.857. The summed E-state index contributed by atoms with van der Waals surface area (Å²) in [5.41, 5.74) is 3.65. The molecule has 0 aromatic heterocycles. The number of hydrogen-bond donors (Lipinski definition) is 1. The summed E-state index contributed by atoms with van der Waals surface area (Å²) >= 11 is 0. The van der Waals surface area contributed by atoms with Gasteiger partial charge in [0.15, 0.2) is 0 Å². The highest BCUT2D eigenvalue weighted by atomic mass is 16.2. The highest BCUT2D eigenvalue weighted by Crippen LogP contribution is 2.04. The van der Waals surface area contributed by atoms with E-state index >= 15 is 0 Å². The smallest absolute Gasteiger partial charge is 0.240 e. The van der Waals surface area contributed by atoms with E-state index in [1.54, 1.807) is 0 Å². The molecule has 1 N–H and O–H groups in total. The average molecular weight is 240 g/mol. The van der Waals surface area contributed by atoms with E-state index in [1.807, 2.05) is 6.92 Å². The molecule has 3 nitrogen and oxygen atoms in total. The van der Waals surface area contributed by atoms with Crippen molar-refractivity contribution in [3.8, 4) is 0 Å². The van der Waals surface area contributed by atoms with Gasteiger partial charge in [-0.3, -0.25) is 4.79 Å². The summed E-state index contributed by atoms with van der Waals surface area (Å²) in [5, 5.41) is 4.09. The van der Waals surface area contributed by atoms with Gasteiger partial charge in [-0.1, -0.05) is 46.0 Å². The number of amides is 1. The number of carbonyl (C=O) groups excluding carboxylic acids is 1. The molecule has 0 aromatic carbocycles. The van der Waals surface area contributed by atoms with Crippen LogP contribution >= 0.6 is 0 Å². The molecule has 0 unspecified atom stereocenters. The zero-order chi connectivity index (χ0) is 12.9. The van der Waals surface area contributed by atoms with Crippen molar-refractivity contribution in [2.45, 2.75) is 78.6 Å². The largest absolute Gasteiger partial charge is 0.273 e. The molecule has 0 aliphatic carbocycles. The third-order valence-electron chi connectivity index (χ3n) is 2.77. The van der Waals surface area contributed by atoms with E-state index in [-0.39, 0.29) is 5.91 Å². The van der Waals surface area contributed by atoms with Crippen molar-refractivity contribution in [3.05, 3.63) is 0 Å². The minimum Gasteiger partial charge on any atom is -0.273 e.